The molecular formula is C7H9F5. The van der Waals surface area contributed by atoms with Gasteiger partial charge in [-0.3, -0.25) is 0 Å². The fraction of sp³-hybridized carbons (Fsp3) is 0.714. The highest BCUT2D eigenvalue weighted by molar-refractivity contribution is 4.92. The van der Waals surface area contributed by atoms with Crippen molar-refractivity contribution in [3.8, 4) is 0 Å². The minimum Gasteiger partial charge on any atom is -0.236 e. The molecule has 5 heteroatoms. The van der Waals surface area contributed by atoms with Crippen LogP contribution in [0.1, 0.15) is 13.3 Å². The molecule has 0 bridgehead atoms. The Balaban J connectivity index is 4.31. The van der Waals surface area contributed by atoms with Crippen molar-refractivity contribution < 1.29 is 22.0 Å². The van der Waals surface area contributed by atoms with Crippen molar-refractivity contribution >= 4 is 0 Å². The van der Waals surface area contributed by atoms with Crippen LogP contribution in [0, 0.1) is 0 Å². The Bertz CT molecular complexity index is 158. The first-order valence-corrected chi connectivity index (χ1v) is 3.21. The monoisotopic (exact) mass is 188 g/mol. The number of rotatable bonds is 4. The van der Waals surface area contributed by atoms with E-state index in [0.29, 0.717) is 13.0 Å². The molecule has 12 heavy (non-hydrogen) atoms. The lowest BCUT2D eigenvalue weighted by molar-refractivity contribution is -0.127. The van der Waals surface area contributed by atoms with Gasteiger partial charge in [-0.2, -0.15) is 0 Å². The van der Waals surface area contributed by atoms with Crippen LogP contribution in [0.3, 0.4) is 0 Å². The summed E-state index contributed by atoms with van der Waals surface area (Å²) in [6.45, 7) is 3.07. The van der Waals surface area contributed by atoms with Gasteiger partial charge in [-0.15, -0.1) is 0 Å². The lowest BCUT2D eigenvalue weighted by atomic mass is 10.1. The summed E-state index contributed by atoms with van der Waals surface area (Å²) >= 11 is 0. The molecule has 0 aromatic carbocycles. The number of alkyl halides is 5. The van der Waals surface area contributed by atoms with Gasteiger partial charge in [-0.05, 0) is 6.92 Å². The van der Waals surface area contributed by atoms with Gasteiger partial charge >= 0.3 is 0 Å². The first-order valence-electron chi connectivity index (χ1n) is 3.21. The van der Waals surface area contributed by atoms with E-state index in [2.05, 4.69) is 6.58 Å². The second-order valence-electron chi connectivity index (χ2n) is 2.65. The zero-order chi connectivity index (χ0) is 9.99. The summed E-state index contributed by atoms with van der Waals surface area (Å²) in [6.07, 6.45) is -4.21. The van der Waals surface area contributed by atoms with Crippen molar-refractivity contribution in [1.82, 2.24) is 0 Å². The first kappa shape index (κ1) is 11.4. The van der Waals surface area contributed by atoms with Crippen molar-refractivity contribution in [3.63, 3.8) is 0 Å². The highest BCUT2D eigenvalue weighted by atomic mass is 19.3. The molecule has 0 rings (SSSR count). The molecule has 0 aromatic heterocycles. The van der Waals surface area contributed by atoms with Crippen molar-refractivity contribution in [1.29, 1.82) is 0 Å². The van der Waals surface area contributed by atoms with Gasteiger partial charge in [0.15, 0.2) is 6.17 Å². The lowest BCUT2D eigenvalue weighted by Gasteiger charge is -2.21. The summed E-state index contributed by atoms with van der Waals surface area (Å²) in [7, 11) is 0. The molecular weight excluding hydrogens is 179 g/mol. The van der Waals surface area contributed by atoms with Gasteiger partial charge in [0.25, 0.3) is 11.8 Å². The average Bonchev–Trinajstić information content (AvgIpc) is 1.80. The SMILES string of the molecule is C=CC(F)C(F)(F)CC(C)(F)F. The molecule has 1 unspecified atom stereocenters. The molecule has 72 valence electrons. The van der Waals surface area contributed by atoms with Gasteiger partial charge in [0.05, 0.1) is 6.42 Å². The third-order valence-corrected chi connectivity index (χ3v) is 1.16. The Morgan fingerprint density at radius 1 is 1.33 bits per heavy atom. The summed E-state index contributed by atoms with van der Waals surface area (Å²) < 4.78 is 61.1. The fourth-order valence-electron chi connectivity index (χ4n) is 0.684. The van der Waals surface area contributed by atoms with E-state index < -0.39 is 24.4 Å². The molecule has 0 aliphatic rings. The average molecular weight is 188 g/mol. The Morgan fingerprint density at radius 2 is 1.75 bits per heavy atom. The molecule has 0 saturated heterocycles. The van der Waals surface area contributed by atoms with Crippen LogP contribution in [0.25, 0.3) is 0 Å². The molecule has 0 aliphatic heterocycles. The molecule has 0 heterocycles. The second kappa shape index (κ2) is 3.41. The zero-order valence-corrected chi connectivity index (χ0v) is 6.46. The van der Waals surface area contributed by atoms with Crippen molar-refractivity contribution in [3.05, 3.63) is 12.7 Å². The molecule has 0 N–H and O–H groups in total. The van der Waals surface area contributed by atoms with Gasteiger partial charge in [-0.25, -0.2) is 22.0 Å². The maximum Gasteiger partial charge on any atom is 0.287 e. The molecule has 0 amide bonds. The Labute approximate surface area is 67.1 Å². The first-order chi connectivity index (χ1) is 5.19. The van der Waals surface area contributed by atoms with E-state index in [4.69, 9.17) is 0 Å². The van der Waals surface area contributed by atoms with Crippen LogP contribution in [0.4, 0.5) is 22.0 Å². The smallest absolute Gasteiger partial charge is 0.236 e. The maximum absolute atomic E-state index is 12.4. The van der Waals surface area contributed by atoms with E-state index in [9.17, 15) is 22.0 Å². The number of halogens is 5. The van der Waals surface area contributed by atoms with Gasteiger partial charge in [0, 0.05) is 0 Å². The van der Waals surface area contributed by atoms with Gasteiger partial charge in [0.2, 0.25) is 0 Å². The van der Waals surface area contributed by atoms with Crippen LogP contribution >= 0.6 is 0 Å². The van der Waals surface area contributed by atoms with E-state index in [0.717, 1.165) is 0 Å². The van der Waals surface area contributed by atoms with Gasteiger partial charge < -0.3 is 0 Å². The molecule has 0 fully saturated rings. The summed E-state index contributed by atoms with van der Waals surface area (Å²) in [5.41, 5.74) is 0. The highest BCUT2D eigenvalue weighted by Crippen LogP contribution is 2.34. The van der Waals surface area contributed by atoms with E-state index in [1.165, 1.54) is 0 Å². The highest BCUT2D eigenvalue weighted by Gasteiger charge is 2.45. The summed E-state index contributed by atoms with van der Waals surface area (Å²) in [5.74, 6) is -7.61. The summed E-state index contributed by atoms with van der Waals surface area (Å²) in [5, 5.41) is 0. The Kier molecular flexibility index (Phi) is 3.24. The van der Waals surface area contributed by atoms with Crippen LogP contribution in [0.2, 0.25) is 0 Å². The normalized spacial score (nSPS) is 15.8. The number of hydrogen-bond donors (Lipinski definition) is 0. The van der Waals surface area contributed by atoms with Crippen LogP contribution in [0.5, 0.6) is 0 Å². The minimum absolute atomic E-state index is 0.311. The van der Waals surface area contributed by atoms with Crippen molar-refractivity contribution in [2.45, 2.75) is 31.4 Å². The van der Waals surface area contributed by atoms with Gasteiger partial charge in [0.1, 0.15) is 0 Å². The van der Waals surface area contributed by atoms with Crippen LogP contribution in [0.15, 0.2) is 12.7 Å². The fourth-order valence-corrected chi connectivity index (χ4v) is 0.684. The lowest BCUT2D eigenvalue weighted by Crippen LogP contribution is -2.34. The van der Waals surface area contributed by atoms with Crippen molar-refractivity contribution in [2.75, 3.05) is 0 Å². The van der Waals surface area contributed by atoms with Crippen molar-refractivity contribution in [2.24, 2.45) is 0 Å². The molecule has 0 nitrogen and oxygen atoms in total. The van der Waals surface area contributed by atoms with Gasteiger partial charge in [-0.1, -0.05) is 12.7 Å². The standard InChI is InChI=1S/C7H9F5/c1-3-5(8)7(11,12)4-6(2,9)10/h3,5H,1,4H2,2H3. The second-order valence-corrected chi connectivity index (χ2v) is 2.65. The number of allylic oxidation sites excluding steroid dienone is 1. The molecule has 1 atom stereocenters. The van der Waals surface area contributed by atoms with E-state index in [1.54, 1.807) is 0 Å². The molecule has 0 aromatic rings. The molecule has 0 aliphatic carbocycles. The third-order valence-electron chi connectivity index (χ3n) is 1.16. The Morgan fingerprint density at radius 3 is 2.00 bits per heavy atom. The summed E-state index contributed by atoms with van der Waals surface area (Å²) in [6, 6.07) is 0. The number of hydrogen-bond acceptors (Lipinski definition) is 0. The molecule has 0 radical (unpaired) electrons. The van der Waals surface area contributed by atoms with E-state index in [-0.39, 0.29) is 0 Å². The Hall–Kier alpha value is -0.610. The quantitative estimate of drug-likeness (QED) is 0.469. The largest absolute Gasteiger partial charge is 0.287 e. The predicted octanol–water partition coefficient (Wildman–Crippen LogP) is 3.19. The predicted molar refractivity (Wildman–Crippen MR) is 35.3 cm³/mol. The van der Waals surface area contributed by atoms with E-state index in [1.807, 2.05) is 0 Å². The summed E-state index contributed by atoms with van der Waals surface area (Å²) in [4.78, 5) is 0. The minimum atomic E-state index is -4.04. The van der Waals surface area contributed by atoms with Crippen LogP contribution in [-0.4, -0.2) is 18.0 Å². The van der Waals surface area contributed by atoms with Crippen LogP contribution < -0.4 is 0 Å². The van der Waals surface area contributed by atoms with Crippen LogP contribution in [-0.2, 0) is 0 Å². The van der Waals surface area contributed by atoms with E-state index >= 15 is 0 Å². The molecule has 0 spiro atoms. The zero-order valence-electron chi connectivity index (χ0n) is 6.46. The maximum atomic E-state index is 12.4. The topological polar surface area (TPSA) is 0 Å². The third kappa shape index (κ3) is 3.69. The molecule has 0 saturated carbocycles.